The lowest BCUT2D eigenvalue weighted by Crippen LogP contribution is -2.51. The van der Waals surface area contributed by atoms with Crippen LogP contribution < -0.4 is 5.32 Å². The molecule has 0 aromatic heterocycles. The molecule has 2 aliphatic heterocycles. The van der Waals surface area contributed by atoms with E-state index in [0.29, 0.717) is 43.8 Å². The molecule has 2 aliphatic rings. The Morgan fingerprint density at radius 1 is 1.00 bits per heavy atom. The molecule has 2 heterocycles. The molecular formula is C31H42N4O5. The molecular weight excluding hydrogens is 508 g/mol. The SMILES string of the molecule is CCCN(CC1CCN(C(=O)N2CCOCC2)CC1)C(C)Cc1cccc(NC(=O)c2ccc(C(=O)O)cc2)c1. The molecule has 4 rings (SSSR count). The van der Waals surface area contributed by atoms with Crippen molar-refractivity contribution in [3.63, 3.8) is 0 Å². The highest BCUT2D eigenvalue weighted by molar-refractivity contribution is 6.04. The van der Waals surface area contributed by atoms with Gasteiger partial charge in [-0.3, -0.25) is 4.79 Å². The molecule has 0 bridgehead atoms. The number of carbonyl (C=O) groups is 3. The van der Waals surface area contributed by atoms with Crippen molar-refractivity contribution >= 4 is 23.6 Å². The molecule has 2 aromatic rings. The van der Waals surface area contributed by atoms with E-state index in [1.807, 2.05) is 28.0 Å². The van der Waals surface area contributed by atoms with E-state index in [0.717, 1.165) is 63.1 Å². The van der Waals surface area contributed by atoms with Crippen molar-refractivity contribution in [2.24, 2.45) is 5.92 Å². The van der Waals surface area contributed by atoms with Crippen molar-refractivity contribution in [1.29, 1.82) is 0 Å². The lowest BCUT2D eigenvalue weighted by atomic mass is 9.95. The summed E-state index contributed by atoms with van der Waals surface area (Å²) in [5.74, 6) is -0.718. The first-order chi connectivity index (χ1) is 19.3. The highest BCUT2D eigenvalue weighted by Gasteiger charge is 2.29. The topological polar surface area (TPSA) is 102 Å². The number of carboxylic acid groups (broad SMARTS) is 1. The van der Waals surface area contributed by atoms with Crippen LogP contribution in [0.5, 0.6) is 0 Å². The number of benzene rings is 2. The smallest absolute Gasteiger partial charge is 0.335 e. The van der Waals surface area contributed by atoms with Crippen LogP contribution in [0, 0.1) is 5.92 Å². The Bertz CT molecular complexity index is 1140. The molecule has 2 aromatic carbocycles. The largest absolute Gasteiger partial charge is 0.478 e. The highest BCUT2D eigenvalue weighted by atomic mass is 16.5. The number of anilines is 1. The number of nitrogens with one attached hydrogen (secondary N) is 1. The standard InChI is InChI=1S/C31H42N4O5/c1-3-13-35(22-24-11-14-33(15-12-24)31(39)34-16-18-40-19-17-34)23(2)20-25-5-4-6-28(21-25)32-29(36)26-7-9-27(10-8-26)30(37)38/h4-10,21,23-24H,3,11-20,22H2,1-2H3,(H,32,36)(H,37,38). The van der Waals surface area contributed by atoms with Gasteiger partial charge in [-0.15, -0.1) is 0 Å². The average Bonchev–Trinajstić information content (AvgIpc) is 2.97. The van der Waals surface area contributed by atoms with Gasteiger partial charge in [-0.05, 0) is 87.0 Å². The minimum Gasteiger partial charge on any atom is -0.478 e. The summed E-state index contributed by atoms with van der Waals surface area (Å²) in [6.07, 6.45) is 4.00. The van der Waals surface area contributed by atoms with Gasteiger partial charge in [0.2, 0.25) is 0 Å². The van der Waals surface area contributed by atoms with E-state index in [2.05, 4.69) is 30.1 Å². The van der Waals surface area contributed by atoms with Crippen molar-refractivity contribution in [2.75, 3.05) is 57.8 Å². The van der Waals surface area contributed by atoms with Crippen molar-refractivity contribution in [1.82, 2.24) is 14.7 Å². The Labute approximate surface area is 237 Å². The molecule has 40 heavy (non-hydrogen) atoms. The van der Waals surface area contributed by atoms with E-state index in [1.165, 1.54) is 24.3 Å². The van der Waals surface area contributed by atoms with Gasteiger partial charge in [0.05, 0.1) is 18.8 Å². The van der Waals surface area contributed by atoms with E-state index >= 15 is 0 Å². The van der Waals surface area contributed by atoms with Crippen molar-refractivity contribution in [3.8, 4) is 0 Å². The second-order valence-corrected chi connectivity index (χ2v) is 10.9. The number of rotatable bonds is 10. The van der Waals surface area contributed by atoms with Gasteiger partial charge in [0.1, 0.15) is 0 Å². The first kappa shape index (κ1) is 29.6. The van der Waals surface area contributed by atoms with E-state index in [-0.39, 0.29) is 17.5 Å². The maximum Gasteiger partial charge on any atom is 0.335 e. The van der Waals surface area contributed by atoms with Crippen LogP contribution in [0.15, 0.2) is 48.5 Å². The number of ether oxygens (including phenoxy) is 1. The van der Waals surface area contributed by atoms with Crippen molar-refractivity contribution < 1.29 is 24.2 Å². The Morgan fingerprint density at radius 3 is 2.30 bits per heavy atom. The molecule has 0 aliphatic carbocycles. The third-order valence-electron chi connectivity index (χ3n) is 7.90. The number of hydrogen-bond acceptors (Lipinski definition) is 5. The molecule has 0 spiro atoms. The van der Waals surface area contributed by atoms with Crippen LogP contribution in [-0.2, 0) is 11.2 Å². The van der Waals surface area contributed by atoms with E-state index in [9.17, 15) is 14.4 Å². The molecule has 2 saturated heterocycles. The van der Waals surface area contributed by atoms with Gasteiger partial charge >= 0.3 is 12.0 Å². The molecule has 0 saturated carbocycles. The van der Waals surface area contributed by atoms with Gasteiger partial charge in [0.15, 0.2) is 0 Å². The fourth-order valence-corrected chi connectivity index (χ4v) is 5.59. The first-order valence-electron chi connectivity index (χ1n) is 14.4. The maximum atomic E-state index is 12.8. The van der Waals surface area contributed by atoms with E-state index < -0.39 is 5.97 Å². The highest BCUT2D eigenvalue weighted by Crippen LogP contribution is 2.23. The van der Waals surface area contributed by atoms with Gasteiger partial charge < -0.3 is 29.9 Å². The molecule has 9 nitrogen and oxygen atoms in total. The first-order valence-corrected chi connectivity index (χ1v) is 14.4. The lowest BCUT2D eigenvalue weighted by molar-refractivity contribution is 0.0386. The van der Waals surface area contributed by atoms with Gasteiger partial charge in [-0.1, -0.05) is 19.1 Å². The third kappa shape index (κ3) is 8.05. The van der Waals surface area contributed by atoms with E-state index in [4.69, 9.17) is 9.84 Å². The van der Waals surface area contributed by atoms with Crippen molar-refractivity contribution in [3.05, 3.63) is 65.2 Å². The second kappa shape index (κ2) is 14.3. The van der Waals surface area contributed by atoms with Crippen molar-refractivity contribution in [2.45, 2.75) is 45.6 Å². The number of urea groups is 1. The van der Waals surface area contributed by atoms with Crippen LogP contribution in [-0.4, -0.2) is 96.2 Å². The Hall–Kier alpha value is -3.43. The summed E-state index contributed by atoms with van der Waals surface area (Å²) in [5.41, 5.74) is 2.43. The average molecular weight is 551 g/mol. The van der Waals surface area contributed by atoms with Gasteiger partial charge in [-0.2, -0.15) is 0 Å². The molecule has 1 atom stereocenters. The number of carboxylic acids is 1. The number of carbonyl (C=O) groups excluding carboxylic acids is 2. The molecule has 3 amide bonds. The normalized spacial score (nSPS) is 17.1. The molecule has 216 valence electrons. The number of morpholine rings is 1. The summed E-state index contributed by atoms with van der Waals surface area (Å²) in [4.78, 5) is 43.1. The number of piperidine rings is 1. The molecule has 2 N–H and O–H groups in total. The minimum absolute atomic E-state index is 0.149. The Balaban J connectivity index is 1.29. The molecule has 9 heteroatoms. The zero-order chi connectivity index (χ0) is 28.5. The minimum atomic E-state index is -1.02. The number of likely N-dealkylation sites (tertiary alicyclic amines) is 1. The van der Waals surface area contributed by atoms with Crippen LogP contribution in [0.3, 0.4) is 0 Å². The predicted octanol–water partition coefficient (Wildman–Crippen LogP) is 4.44. The van der Waals surface area contributed by atoms with Gasteiger partial charge in [-0.25, -0.2) is 9.59 Å². The number of amides is 3. The van der Waals surface area contributed by atoms with Crippen LogP contribution in [0.2, 0.25) is 0 Å². The van der Waals surface area contributed by atoms with Gasteiger partial charge in [0.25, 0.3) is 5.91 Å². The predicted molar refractivity (Wildman–Crippen MR) is 155 cm³/mol. The van der Waals surface area contributed by atoms with Gasteiger partial charge in [0, 0.05) is 50.0 Å². The summed E-state index contributed by atoms with van der Waals surface area (Å²) in [6, 6.07) is 14.3. The van der Waals surface area contributed by atoms with E-state index in [1.54, 1.807) is 0 Å². The van der Waals surface area contributed by atoms with Crippen LogP contribution in [0.1, 0.15) is 59.4 Å². The summed E-state index contributed by atoms with van der Waals surface area (Å²) in [6.45, 7) is 10.8. The summed E-state index contributed by atoms with van der Waals surface area (Å²) in [5, 5.41) is 12.0. The molecule has 0 radical (unpaired) electrons. The monoisotopic (exact) mass is 550 g/mol. The number of hydrogen-bond donors (Lipinski definition) is 2. The Kier molecular flexibility index (Phi) is 10.5. The summed E-state index contributed by atoms with van der Waals surface area (Å²) >= 11 is 0. The third-order valence-corrected chi connectivity index (χ3v) is 7.90. The number of aromatic carboxylic acids is 1. The fraction of sp³-hybridized carbons (Fsp3) is 0.516. The maximum absolute atomic E-state index is 12.8. The fourth-order valence-electron chi connectivity index (χ4n) is 5.59. The second-order valence-electron chi connectivity index (χ2n) is 10.9. The zero-order valence-electron chi connectivity index (χ0n) is 23.7. The molecule has 1 unspecified atom stereocenters. The number of nitrogens with zero attached hydrogens (tertiary/aromatic N) is 3. The van der Waals surface area contributed by atoms with Crippen LogP contribution in [0.4, 0.5) is 10.5 Å². The quantitative estimate of drug-likeness (QED) is 0.453. The molecule has 2 fully saturated rings. The lowest BCUT2D eigenvalue weighted by Gasteiger charge is -2.39. The summed E-state index contributed by atoms with van der Waals surface area (Å²) in [7, 11) is 0. The van der Waals surface area contributed by atoms with Crippen LogP contribution in [0.25, 0.3) is 0 Å². The van der Waals surface area contributed by atoms with Crippen LogP contribution >= 0.6 is 0 Å². The zero-order valence-corrected chi connectivity index (χ0v) is 23.7. The summed E-state index contributed by atoms with van der Waals surface area (Å²) < 4.78 is 5.38. The Morgan fingerprint density at radius 2 is 1.65 bits per heavy atom.